The van der Waals surface area contributed by atoms with Gasteiger partial charge in [0.05, 0.1) is 36.5 Å². The first-order valence-corrected chi connectivity index (χ1v) is 23.7. The summed E-state index contributed by atoms with van der Waals surface area (Å²) in [5.74, 6) is 0.442. The Labute approximate surface area is 358 Å². The Morgan fingerprint density at radius 2 is 0.983 bits per heavy atom. The molecule has 0 radical (unpaired) electrons. The number of morpholine rings is 2. The van der Waals surface area contributed by atoms with Gasteiger partial charge in [-0.1, -0.05) is 25.7 Å². The van der Waals surface area contributed by atoms with Gasteiger partial charge in [-0.2, -0.15) is 0 Å². The molecule has 2 saturated carbocycles. The van der Waals surface area contributed by atoms with Gasteiger partial charge in [0, 0.05) is 75.0 Å². The molecule has 8 fully saturated rings. The lowest BCUT2D eigenvalue weighted by Gasteiger charge is -2.50. The summed E-state index contributed by atoms with van der Waals surface area (Å²) in [7, 11) is 0. The minimum atomic E-state index is -0.741. The normalized spacial score (nSPS) is 29.8. The highest BCUT2D eigenvalue weighted by Gasteiger charge is 2.44. The fourth-order valence-corrected chi connectivity index (χ4v) is 11.3. The lowest BCUT2D eigenvalue weighted by molar-refractivity contribution is -0.167. The Bertz CT molecular complexity index is 1350. The van der Waals surface area contributed by atoms with Crippen LogP contribution >= 0.6 is 11.6 Å². The maximum Gasteiger partial charge on any atom is 0.410 e. The summed E-state index contributed by atoms with van der Waals surface area (Å²) in [6, 6.07) is 2.79. The number of nitrogens with zero attached hydrogens (tertiary/aromatic N) is 5. The zero-order valence-corrected chi connectivity index (χ0v) is 37.3. The van der Waals surface area contributed by atoms with E-state index in [0.29, 0.717) is 42.9 Å². The molecule has 6 aliphatic heterocycles. The second kappa shape index (κ2) is 22.7. The molecule has 0 aromatic rings. The monoisotopic (exact) mass is 851 g/mol. The summed E-state index contributed by atoms with van der Waals surface area (Å²) in [5, 5.41) is 3.46. The lowest BCUT2D eigenvalue weighted by Crippen LogP contribution is -2.61. The van der Waals surface area contributed by atoms with Gasteiger partial charge in [-0.3, -0.25) is 9.59 Å². The van der Waals surface area contributed by atoms with Crippen LogP contribution in [0.5, 0.6) is 0 Å². The highest BCUT2D eigenvalue weighted by molar-refractivity contribution is 6.61. The number of piperidine rings is 4. The predicted molar refractivity (Wildman–Crippen MR) is 226 cm³/mol. The largest absolute Gasteiger partial charge is 0.451 e. The summed E-state index contributed by atoms with van der Waals surface area (Å²) in [5.41, 5.74) is -0.741. The summed E-state index contributed by atoms with van der Waals surface area (Å²) in [6.07, 6.45) is 18.7. The molecule has 8 rings (SSSR count). The number of hydrogen-bond donors (Lipinski definition) is 1. The van der Waals surface area contributed by atoms with Crippen LogP contribution in [0.15, 0.2) is 0 Å². The molecule has 14 nitrogen and oxygen atoms in total. The molecule has 15 heteroatoms. The molecule has 0 bridgehead atoms. The molecule has 0 aromatic carbocycles. The number of likely N-dealkylation sites (tertiary alicyclic amines) is 3. The topological polar surface area (TPSA) is 133 Å². The molecule has 0 unspecified atom stereocenters. The zero-order valence-electron chi connectivity index (χ0n) is 36.5. The van der Waals surface area contributed by atoms with E-state index >= 15 is 0 Å². The van der Waals surface area contributed by atoms with Crippen LogP contribution in [-0.2, 0) is 28.5 Å². The molecule has 8 aliphatic rings. The Hall–Kier alpha value is -2.23. The van der Waals surface area contributed by atoms with Crippen molar-refractivity contribution >= 4 is 34.9 Å². The zero-order chi connectivity index (χ0) is 41.9. The average molecular weight is 852 g/mol. The quantitative estimate of drug-likeness (QED) is 0.327. The van der Waals surface area contributed by atoms with Gasteiger partial charge in [0.1, 0.15) is 13.2 Å². The highest BCUT2D eigenvalue weighted by Crippen LogP contribution is 2.35. The van der Waals surface area contributed by atoms with Gasteiger partial charge in [0.25, 0.3) is 0 Å². The fourth-order valence-electron chi connectivity index (χ4n) is 11.1. The Kier molecular flexibility index (Phi) is 17.8. The first kappa shape index (κ1) is 46.3. The van der Waals surface area contributed by atoms with Crippen LogP contribution in [0.2, 0.25) is 0 Å². The van der Waals surface area contributed by atoms with Crippen molar-refractivity contribution in [2.24, 2.45) is 0 Å². The number of ether oxygens (including phenoxy) is 4. The molecule has 336 valence electrons. The van der Waals surface area contributed by atoms with E-state index in [1.807, 2.05) is 18.7 Å². The molecule has 4 atom stereocenters. The van der Waals surface area contributed by atoms with Crippen LogP contribution in [-0.4, -0.2) is 174 Å². The van der Waals surface area contributed by atoms with Gasteiger partial charge in [-0.25, -0.2) is 9.59 Å². The number of fused-ring (bicyclic) bond motifs is 2. The molecule has 3 amide bonds. The molecule has 1 N–H and O–H groups in total. The second-order valence-electron chi connectivity index (χ2n) is 18.6. The summed E-state index contributed by atoms with van der Waals surface area (Å²) in [6.45, 7) is 16.2. The Morgan fingerprint density at radius 1 is 0.576 bits per heavy atom. The van der Waals surface area contributed by atoms with Gasteiger partial charge >= 0.3 is 11.5 Å². The van der Waals surface area contributed by atoms with E-state index in [-0.39, 0.29) is 42.8 Å². The SMILES string of the molecule is CC(C)OC(=O)Cl.CC(C)OC(=O)N1CCC(N2CCC(N3C(=O)CO[C@H]4CCCC[C@@H]43)CC2)CC1.O=C1CO[C@H]2CCCC[C@@H]2N1C1CCN(C2CCNCC2)CC1. The number of halogens is 1. The third-order valence-electron chi connectivity index (χ3n) is 14.0. The Balaban J connectivity index is 0.000000174. The standard InChI is InChI=1S/C22H37N3O4.C18H31N3O2.C4H7ClO2/c1-16(2)29-22(27)24-13-7-17(8-14-24)23-11-9-18(10-12-23)25-19-5-3-4-6-20(19)28-15-21(25)26;22-18-13-23-17-4-2-1-3-16(17)21(18)15-7-11-20(12-8-15)14-5-9-19-10-6-14;1-3(2)7-4(5)6/h16-20H,3-15H2,1-2H3;14-17,19H,1-13H2;3H,1-2H3/t19-,20-;16-,17-;/m00./s1. The number of nitrogens with one attached hydrogen (secondary N) is 1. The number of carbonyl (C=O) groups excluding carboxylic acids is 4. The molecule has 0 spiro atoms. The maximum absolute atomic E-state index is 12.6. The van der Waals surface area contributed by atoms with E-state index in [4.69, 9.17) is 25.8 Å². The number of rotatable bonds is 6. The van der Waals surface area contributed by atoms with Crippen molar-refractivity contribution in [1.29, 1.82) is 0 Å². The summed E-state index contributed by atoms with van der Waals surface area (Å²) >= 11 is 4.81. The van der Waals surface area contributed by atoms with Crippen molar-refractivity contribution in [3.63, 3.8) is 0 Å². The van der Waals surface area contributed by atoms with Crippen molar-refractivity contribution in [1.82, 2.24) is 29.8 Å². The second-order valence-corrected chi connectivity index (χ2v) is 18.9. The summed E-state index contributed by atoms with van der Waals surface area (Å²) in [4.78, 5) is 58.6. The molecule has 0 aromatic heterocycles. The third-order valence-corrected chi connectivity index (χ3v) is 14.1. The summed E-state index contributed by atoms with van der Waals surface area (Å²) < 4.78 is 21.4. The lowest BCUT2D eigenvalue weighted by atomic mass is 9.87. The van der Waals surface area contributed by atoms with Crippen molar-refractivity contribution in [3.8, 4) is 0 Å². The van der Waals surface area contributed by atoms with Crippen LogP contribution in [0.1, 0.15) is 130 Å². The molecular formula is C44H75ClN6O8. The number of amides is 3. The van der Waals surface area contributed by atoms with Crippen molar-refractivity contribution in [2.45, 2.75) is 191 Å². The average Bonchev–Trinajstić information content (AvgIpc) is 3.24. The molecule has 6 saturated heterocycles. The van der Waals surface area contributed by atoms with Gasteiger partial charge in [-0.05, 0) is 118 Å². The van der Waals surface area contributed by atoms with Crippen LogP contribution in [0, 0.1) is 0 Å². The minimum absolute atomic E-state index is 0.0640. The van der Waals surface area contributed by atoms with Crippen molar-refractivity contribution < 1.29 is 38.1 Å². The van der Waals surface area contributed by atoms with Crippen molar-refractivity contribution in [3.05, 3.63) is 0 Å². The van der Waals surface area contributed by atoms with E-state index < -0.39 is 5.43 Å². The number of carbonyl (C=O) groups is 4. The maximum atomic E-state index is 12.6. The van der Waals surface area contributed by atoms with E-state index in [2.05, 4.69) is 29.7 Å². The first-order valence-electron chi connectivity index (χ1n) is 23.3. The van der Waals surface area contributed by atoms with Crippen molar-refractivity contribution in [2.75, 3.05) is 65.6 Å². The predicted octanol–water partition coefficient (Wildman–Crippen LogP) is 5.77. The highest BCUT2D eigenvalue weighted by atomic mass is 35.5. The van der Waals surface area contributed by atoms with Crippen LogP contribution in [0.25, 0.3) is 0 Å². The van der Waals surface area contributed by atoms with Gasteiger partial charge in [0.2, 0.25) is 11.8 Å². The van der Waals surface area contributed by atoms with Crippen LogP contribution in [0.4, 0.5) is 9.59 Å². The molecule has 59 heavy (non-hydrogen) atoms. The van der Waals surface area contributed by atoms with E-state index in [1.165, 1.54) is 38.5 Å². The van der Waals surface area contributed by atoms with E-state index in [1.54, 1.807) is 13.8 Å². The number of hydrogen-bond acceptors (Lipinski definition) is 11. The Morgan fingerprint density at radius 3 is 1.39 bits per heavy atom. The molecule has 6 heterocycles. The van der Waals surface area contributed by atoms with E-state index in [0.717, 1.165) is 123 Å². The smallest absolute Gasteiger partial charge is 0.410 e. The van der Waals surface area contributed by atoms with Gasteiger partial charge in [-0.15, -0.1) is 0 Å². The van der Waals surface area contributed by atoms with E-state index in [9.17, 15) is 19.2 Å². The first-order chi connectivity index (χ1) is 28.5. The minimum Gasteiger partial charge on any atom is -0.451 e. The van der Waals surface area contributed by atoms with Gasteiger partial charge in [0.15, 0.2) is 0 Å². The molecular weight excluding hydrogens is 776 g/mol. The molecule has 2 aliphatic carbocycles. The van der Waals surface area contributed by atoms with Crippen LogP contribution in [0.3, 0.4) is 0 Å². The van der Waals surface area contributed by atoms with Crippen LogP contribution < -0.4 is 5.32 Å². The fraction of sp³-hybridized carbons (Fsp3) is 0.909. The third kappa shape index (κ3) is 12.9. The van der Waals surface area contributed by atoms with Gasteiger partial charge < -0.3 is 48.8 Å².